The summed E-state index contributed by atoms with van der Waals surface area (Å²) >= 11 is 0. The lowest BCUT2D eigenvalue weighted by atomic mass is 9.94. The van der Waals surface area contributed by atoms with Crippen LogP contribution < -0.4 is 0 Å². The summed E-state index contributed by atoms with van der Waals surface area (Å²) in [5, 5.41) is 7.22. The van der Waals surface area contributed by atoms with Gasteiger partial charge in [0.2, 0.25) is 0 Å². The molecule has 3 heteroatoms. The minimum Gasteiger partial charge on any atom is -0.455 e. The molecule has 2 aromatic heterocycles. The number of aryl methyl sites for hydroxylation is 1. The molecule has 0 fully saturated rings. The molecular weight excluding hydrogens is 464 g/mol. The number of nitrogens with zero attached hydrogens (tertiary/aromatic N) is 2. The van der Waals surface area contributed by atoms with Crippen molar-refractivity contribution in [1.29, 1.82) is 0 Å². The van der Waals surface area contributed by atoms with Gasteiger partial charge in [-0.3, -0.25) is 4.57 Å². The molecule has 0 saturated carbocycles. The Bertz CT molecular complexity index is 2180. The average Bonchev–Trinajstić information content (AvgIpc) is 3.56. The molecule has 3 nitrogen and oxygen atoms in total. The van der Waals surface area contributed by atoms with Crippen LogP contribution in [0, 0.1) is 0 Å². The molecule has 6 aromatic carbocycles. The van der Waals surface area contributed by atoms with E-state index in [-0.39, 0.29) is 0 Å². The minimum atomic E-state index is 0.857. The Morgan fingerprint density at radius 1 is 0.684 bits per heavy atom. The van der Waals surface area contributed by atoms with Crippen molar-refractivity contribution < 1.29 is 4.42 Å². The van der Waals surface area contributed by atoms with Crippen molar-refractivity contribution in [2.45, 2.75) is 13.3 Å². The summed E-state index contributed by atoms with van der Waals surface area (Å²) in [6.45, 7) is 2.16. The number of rotatable bonds is 3. The number of benzene rings is 6. The Morgan fingerprint density at radius 2 is 1.45 bits per heavy atom. The number of para-hydroxylation sites is 2. The number of hydrogen-bond donors (Lipinski definition) is 0. The molecular formula is C35H24N2O. The highest BCUT2D eigenvalue weighted by molar-refractivity contribution is 6.28. The highest BCUT2D eigenvalue weighted by atomic mass is 16.3. The summed E-state index contributed by atoms with van der Waals surface area (Å²) in [4.78, 5) is 4.90. The third-order valence-electron chi connectivity index (χ3n) is 7.72. The summed E-state index contributed by atoms with van der Waals surface area (Å²) in [5.74, 6) is 1.06. The van der Waals surface area contributed by atoms with Crippen LogP contribution in [0.5, 0.6) is 0 Å². The fraction of sp³-hybridized carbons (Fsp3) is 0.0571. The zero-order valence-electron chi connectivity index (χ0n) is 21.0. The summed E-state index contributed by atoms with van der Waals surface area (Å²) in [6, 6.07) is 40.8. The van der Waals surface area contributed by atoms with E-state index in [9.17, 15) is 0 Å². The molecule has 0 atom stereocenters. The van der Waals surface area contributed by atoms with Gasteiger partial charge in [0.1, 0.15) is 17.0 Å². The van der Waals surface area contributed by atoms with Crippen LogP contribution in [0.2, 0.25) is 0 Å². The highest BCUT2D eigenvalue weighted by Gasteiger charge is 2.19. The molecule has 0 radical (unpaired) electrons. The lowest BCUT2D eigenvalue weighted by Gasteiger charge is -2.12. The topological polar surface area (TPSA) is 31.0 Å². The van der Waals surface area contributed by atoms with Gasteiger partial charge in [-0.15, -0.1) is 0 Å². The van der Waals surface area contributed by atoms with Crippen LogP contribution in [-0.2, 0) is 6.42 Å². The Morgan fingerprint density at radius 3 is 2.32 bits per heavy atom. The Balaban J connectivity index is 1.46. The van der Waals surface area contributed by atoms with E-state index < -0.39 is 0 Å². The molecule has 0 unspecified atom stereocenters. The molecule has 0 aliphatic carbocycles. The summed E-state index contributed by atoms with van der Waals surface area (Å²) in [6.07, 6.45) is 0.857. The van der Waals surface area contributed by atoms with E-state index in [4.69, 9.17) is 9.40 Å². The fourth-order valence-electron chi connectivity index (χ4n) is 6.02. The number of hydrogen-bond acceptors (Lipinski definition) is 2. The lowest BCUT2D eigenvalue weighted by Crippen LogP contribution is -2.00. The van der Waals surface area contributed by atoms with Gasteiger partial charge in [0, 0.05) is 28.4 Å². The number of imidazole rings is 1. The van der Waals surface area contributed by atoms with Gasteiger partial charge in [-0.05, 0) is 63.5 Å². The second-order valence-corrected chi connectivity index (χ2v) is 9.87. The zero-order chi connectivity index (χ0) is 25.2. The summed E-state index contributed by atoms with van der Waals surface area (Å²) in [7, 11) is 0. The summed E-state index contributed by atoms with van der Waals surface area (Å²) < 4.78 is 8.96. The maximum atomic E-state index is 6.68. The Hall–Kier alpha value is -4.89. The summed E-state index contributed by atoms with van der Waals surface area (Å²) in [5.41, 5.74) is 7.33. The fourth-order valence-corrected chi connectivity index (χ4v) is 6.02. The largest absolute Gasteiger partial charge is 0.455 e. The Kier molecular flexibility index (Phi) is 4.50. The standard InChI is InChI=1S/C35H24N2O/c1-2-32-36-29-16-7-8-17-30(29)37(32)25-13-9-12-23(20-25)28-21-24-11-4-6-15-27(24)34-33-26-14-5-3-10-22(26)18-19-31(33)38-35(28)34/h3-21H,2H2,1H3. The lowest BCUT2D eigenvalue weighted by molar-refractivity contribution is 0.670. The number of furan rings is 1. The number of fused-ring (bicyclic) bond motifs is 8. The van der Waals surface area contributed by atoms with Crippen molar-refractivity contribution in [2.75, 3.05) is 0 Å². The average molecular weight is 489 g/mol. The Labute approximate surface area is 219 Å². The van der Waals surface area contributed by atoms with Crippen molar-refractivity contribution >= 4 is 54.5 Å². The van der Waals surface area contributed by atoms with Gasteiger partial charge >= 0.3 is 0 Å². The maximum Gasteiger partial charge on any atom is 0.143 e. The van der Waals surface area contributed by atoms with Crippen molar-refractivity contribution in [3.63, 3.8) is 0 Å². The highest BCUT2D eigenvalue weighted by Crippen LogP contribution is 2.43. The second kappa shape index (κ2) is 8.06. The third-order valence-corrected chi connectivity index (χ3v) is 7.72. The normalized spacial score (nSPS) is 11.9. The van der Waals surface area contributed by atoms with Crippen LogP contribution in [0.25, 0.3) is 71.3 Å². The molecule has 0 amide bonds. The van der Waals surface area contributed by atoms with Gasteiger partial charge in [-0.2, -0.15) is 0 Å². The first-order valence-electron chi connectivity index (χ1n) is 13.1. The zero-order valence-corrected chi connectivity index (χ0v) is 21.0. The van der Waals surface area contributed by atoms with Crippen LogP contribution in [-0.4, -0.2) is 9.55 Å². The van der Waals surface area contributed by atoms with Crippen LogP contribution in [0.15, 0.2) is 120 Å². The van der Waals surface area contributed by atoms with E-state index in [1.807, 2.05) is 6.07 Å². The molecule has 180 valence electrons. The number of aromatic nitrogens is 2. The van der Waals surface area contributed by atoms with Gasteiger partial charge < -0.3 is 4.42 Å². The van der Waals surface area contributed by atoms with Crippen LogP contribution in [0.3, 0.4) is 0 Å². The van der Waals surface area contributed by atoms with E-state index in [2.05, 4.69) is 121 Å². The van der Waals surface area contributed by atoms with E-state index >= 15 is 0 Å². The van der Waals surface area contributed by atoms with E-state index in [0.29, 0.717) is 0 Å². The van der Waals surface area contributed by atoms with Crippen molar-refractivity contribution in [3.8, 4) is 16.8 Å². The molecule has 0 spiro atoms. The van der Waals surface area contributed by atoms with Crippen LogP contribution in [0.4, 0.5) is 0 Å². The van der Waals surface area contributed by atoms with Gasteiger partial charge in [-0.1, -0.05) is 85.8 Å². The van der Waals surface area contributed by atoms with Crippen molar-refractivity contribution in [3.05, 3.63) is 121 Å². The van der Waals surface area contributed by atoms with E-state index in [1.54, 1.807) is 0 Å². The molecule has 0 bridgehead atoms. The van der Waals surface area contributed by atoms with Crippen molar-refractivity contribution in [1.82, 2.24) is 9.55 Å². The molecule has 2 heterocycles. The molecule has 0 aliphatic rings. The van der Waals surface area contributed by atoms with Crippen molar-refractivity contribution in [2.24, 2.45) is 0 Å². The van der Waals surface area contributed by atoms with Gasteiger partial charge in [0.05, 0.1) is 11.0 Å². The van der Waals surface area contributed by atoms with Crippen LogP contribution >= 0.6 is 0 Å². The first-order valence-corrected chi connectivity index (χ1v) is 13.1. The minimum absolute atomic E-state index is 0.857. The SMILES string of the molecule is CCc1nc2ccccc2n1-c1cccc(-c2cc3ccccc3c3c2oc2ccc4ccccc4c23)c1. The van der Waals surface area contributed by atoms with Gasteiger partial charge in [0.25, 0.3) is 0 Å². The van der Waals surface area contributed by atoms with E-state index in [0.717, 1.165) is 51.3 Å². The molecule has 0 aliphatic heterocycles. The van der Waals surface area contributed by atoms with Crippen LogP contribution in [0.1, 0.15) is 12.7 Å². The third kappa shape index (κ3) is 2.99. The van der Waals surface area contributed by atoms with E-state index in [1.165, 1.54) is 32.3 Å². The smallest absolute Gasteiger partial charge is 0.143 e. The van der Waals surface area contributed by atoms with Gasteiger partial charge in [0.15, 0.2) is 0 Å². The first-order chi connectivity index (χ1) is 18.8. The molecule has 8 rings (SSSR count). The predicted octanol–water partition coefficient (Wildman–Crippen LogP) is 9.46. The second-order valence-electron chi connectivity index (χ2n) is 9.87. The maximum absolute atomic E-state index is 6.68. The monoisotopic (exact) mass is 488 g/mol. The quantitative estimate of drug-likeness (QED) is 0.248. The first kappa shape index (κ1) is 21.2. The predicted molar refractivity (Wildman–Crippen MR) is 158 cm³/mol. The molecule has 0 N–H and O–H groups in total. The molecule has 8 aromatic rings. The molecule has 0 saturated heterocycles. The molecule has 38 heavy (non-hydrogen) atoms. The van der Waals surface area contributed by atoms with Gasteiger partial charge in [-0.25, -0.2) is 4.98 Å².